The molecule has 0 aliphatic carbocycles. The Labute approximate surface area is 129 Å². The van der Waals surface area contributed by atoms with Crippen LogP contribution in [0.3, 0.4) is 0 Å². The van der Waals surface area contributed by atoms with Gasteiger partial charge >= 0.3 is 0 Å². The van der Waals surface area contributed by atoms with Crippen LogP contribution in [0.25, 0.3) is 0 Å². The SMILES string of the molecule is CCCCCNC(=S)NNC(=O)COc1ccc(F)cc1. The van der Waals surface area contributed by atoms with Gasteiger partial charge in [0.25, 0.3) is 5.91 Å². The number of thiocarbonyl (C=S) groups is 1. The van der Waals surface area contributed by atoms with Crippen LogP contribution in [0.1, 0.15) is 26.2 Å². The Kier molecular flexibility index (Phi) is 8.11. The van der Waals surface area contributed by atoms with Gasteiger partial charge in [-0.15, -0.1) is 0 Å². The monoisotopic (exact) mass is 313 g/mol. The van der Waals surface area contributed by atoms with Crippen molar-refractivity contribution >= 4 is 23.2 Å². The molecule has 7 heteroatoms. The minimum absolute atomic E-state index is 0.183. The molecular weight excluding hydrogens is 293 g/mol. The first-order valence-corrected chi connectivity index (χ1v) is 7.23. The number of nitrogens with one attached hydrogen (secondary N) is 3. The number of carbonyl (C=O) groups is 1. The highest BCUT2D eigenvalue weighted by Crippen LogP contribution is 2.10. The third kappa shape index (κ3) is 8.09. The largest absolute Gasteiger partial charge is 0.484 e. The molecule has 0 aromatic heterocycles. The number of halogens is 1. The van der Waals surface area contributed by atoms with E-state index in [1.54, 1.807) is 0 Å². The van der Waals surface area contributed by atoms with Crippen LogP contribution >= 0.6 is 12.2 Å². The Hall–Kier alpha value is -1.89. The highest BCUT2D eigenvalue weighted by atomic mass is 32.1. The van der Waals surface area contributed by atoms with E-state index >= 15 is 0 Å². The molecule has 1 rings (SSSR count). The number of hydrazine groups is 1. The molecule has 1 aromatic carbocycles. The lowest BCUT2D eigenvalue weighted by Crippen LogP contribution is -2.48. The van der Waals surface area contributed by atoms with Gasteiger partial charge in [-0.25, -0.2) is 4.39 Å². The molecule has 0 unspecified atom stereocenters. The first-order valence-electron chi connectivity index (χ1n) is 6.83. The second-order valence-electron chi connectivity index (χ2n) is 4.38. The standard InChI is InChI=1S/C14H20FN3O2S/c1-2-3-4-9-16-14(21)18-17-13(19)10-20-12-7-5-11(15)6-8-12/h5-8H,2-4,9-10H2,1H3,(H,17,19)(H2,16,18,21). The summed E-state index contributed by atoms with van der Waals surface area (Å²) in [6, 6.07) is 5.44. The molecule has 0 saturated carbocycles. The van der Waals surface area contributed by atoms with Gasteiger partial charge < -0.3 is 10.1 Å². The maximum atomic E-state index is 12.7. The van der Waals surface area contributed by atoms with E-state index < -0.39 is 0 Å². The summed E-state index contributed by atoms with van der Waals surface area (Å²) >= 11 is 4.99. The second-order valence-corrected chi connectivity index (χ2v) is 4.79. The number of ether oxygens (including phenoxy) is 1. The summed E-state index contributed by atoms with van der Waals surface area (Å²) in [5.41, 5.74) is 5.00. The summed E-state index contributed by atoms with van der Waals surface area (Å²) in [6.07, 6.45) is 3.30. The van der Waals surface area contributed by atoms with E-state index in [-0.39, 0.29) is 18.3 Å². The molecular formula is C14H20FN3O2S. The Morgan fingerprint density at radius 1 is 1.24 bits per heavy atom. The first kappa shape index (κ1) is 17.2. The molecule has 5 nitrogen and oxygen atoms in total. The topological polar surface area (TPSA) is 62.4 Å². The molecule has 0 saturated heterocycles. The van der Waals surface area contributed by atoms with E-state index in [1.807, 2.05) is 0 Å². The lowest BCUT2D eigenvalue weighted by atomic mass is 10.2. The predicted molar refractivity (Wildman–Crippen MR) is 83.3 cm³/mol. The fourth-order valence-electron chi connectivity index (χ4n) is 1.46. The molecule has 0 heterocycles. The lowest BCUT2D eigenvalue weighted by molar-refractivity contribution is -0.123. The average molecular weight is 313 g/mol. The molecule has 0 atom stereocenters. The maximum absolute atomic E-state index is 12.7. The number of hydrogen-bond donors (Lipinski definition) is 3. The molecule has 0 aliphatic heterocycles. The van der Waals surface area contributed by atoms with Gasteiger partial charge in [0.2, 0.25) is 0 Å². The van der Waals surface area contributed by atoms with Gasteiger partial charge in [0.15, 0.2) is 11.7 Å². The van der Waals surface area contributed by atoms with Crippen LogP contribution in [0, 0.1) is 5.82 Å². The van der Waals surface area contributed by atoms with Gasteiger partial charge in [0.1, 0.15) is 11.6 Å². The average Bonchev–Trinajstić information content (AvgIpc) is 2.49. The second kappa shape index (κ2) is 9.93. The van der Waals surface area contributed by atoms with Crippen molar-refractivity contribution < 1.29 is 13.9 Å². The van der Waals surface area contributed by atoms with E-state index in [9.17, 15) is 9.18 Å². The van der Waals surface area contributed by atoms with Crippen molar-refractivity contribution in [3.63, 3.8) is 0 Å². The fraction of sp³-hybridized carbons (Fsp3) is 0.429. The van der Waals surface area contributed by atoms with Crippen molar-refractivity contribution in [2.45, 2.75) is 26.2 Å². The molecule has 116 valence electrons. The quantitative estimate of drug-likeness (QED) is 0.408. The minimum Gasteiger partial charge on any atom is -0.484 e. The number of amides is 1. The van der Waals surface area contributed by atoms with Gasteiger partial charge in [-0.1, -0.05) is 19.8 Å². The fourth-order valence-corrected chi connectivity index (χ4v) is 1.62. The summed E-state index contributed by atoms with van der Waals surface area (Å²) in [4.78, 5) is 11.5. The highest BCUT2D eigenvalue weighted by Gasteiger charge is 2.03. The molecule has 1 aromatic rings. The van der Waals surface area contributed by atoms with E-state index in [0.717, 1.165) is 25.8 Å². The van der Waals surface area contributed by atoms with Gasteiger partial charge in [-0.2, -0.15) is 0 Å². The predicted octanol–water partition coefficient (Wildman–Crippen LogP) is 1.89. The zero-order valence-corrected chi connectivity index (χ0v) is 12.8. The lowest BCUT2D eigenvalue weighted by Gasteiger charge is -2.11. The van der Waals surface area contributed by atoms with E-state index in [1.165, 1.54) is 24.3 Å². The summed E-state index contributed by atoms with van der Waals surface area (Å²) in [5, 5.41) is 3.34. The maximum Gasteiger partial charge on any atom is 0.276 e. The van der Waals surface area contributed by atoms with E-state index in [0.29, 0.717) is 10.9 Å². The molecule has 21 heavy (non-hydrogen) atoms. The molecule has 0 radical (unpaired) electrons. The number of unbranched alkanes of at least 4 members (excludes halogenated alkanes) is 2. The molecule has 1 amide bonds. The smallest absolute Gasteiger partial charge is 0.276 e. The Balaban J connectivity index is 2.13. The van der Waals surface area contributed by atoms with Crippen molar-refractivity contribution in [2.24, 2.45) is 0 Å². The van der Waals surface area contributed by atoms with Crippen molar-refractivity contribution in [2.75, 3.05) is 13.2 Å². The zero-order chi connectivity index (χ0) is 15.5. The van der Waals surface area contributed by atoms with Crippen LogP contribution in [0.15, 0.2) is 24.3 Å². The van der Waals surface area contributed by atoms with E-state index in [2.05, 4.69) is 23.1 Å². The van der Waals surface area contributed by atoms with Crippen molar-refractivity contribution in [1.82, 2.24) is 16.2 Å². The van der Waals surface area contributed by atoms with Gasteiger partial charge in [-0.05, 0) is 42.9 Å². The summed E-state index contributed by atoms with van der Waals surface area (Å²) in [7, 11) is 0. The Bertz CT molecular complexity index is 454. The minimum atomic E-state index is -0.378. The number of hydrogen-bond acceptors (Lipinski definition) is 3. The summed E-state index contributed by atoms with van der Waals surface area (Å²) in [6.45, 7) is 2.70. The molecule has 0 fully saturated rings. The Morgan fingerprint density at radius 2 is 1.95 bits per heavy atom. The van der Waals surface area contributed by atoms with Crippen LogP contribution in [-0.2, 0) is 4.79 Å². The van der Waals surface area contributed by atoms with Gasteiger partial charge in [0.05, 0.1) is 0 Å². The number of rotatable bonds is 7. The Morgan fingerprint density at radius 3 is 2.62 bits per heavy atom. The summed E-state index contributed by atoms with van der Waals surface area (Å²) in [5.74, 6) is -0.309. The van der Waals surface area contributed by atoms with Crippen LogP contribution in [0.4, 0.5) is 4.39 Å². The highest BCUT2D eigenvalue weighted by molar-refractivity contribution is 7.80. The number of benzene rings is 1. The van der Waals surface area contributed by atoms with Crippen molar-refractivity contribution in [3.05, 3.63) is 30.1 Å². The van der Waals surface area contributed by atoms with Crippen LogP contribution in [0.2, 0.25) is 0 Å². The van der Waals surface area contributed by atoms with E-state index in [4.69, 9.17) is 17.0 Å². The summed E-state index contributed by atoms with van der Waals surface area (Å²) < 4.78 is 17.9. The van der Waals surface area contributed by atoms with Crippen molar-refractivity contribution in [1.29, 1.82) is 0 Å². The third-order valence-electron chi connectivity index (χ3n) is 2.56. The molecule has 0 bridgehead atoms. The third-order valence-corrected chi connectivity index (χ3v) is 2.81. The number of carbonyl (C=O) groups excluding carboxylic acids is 1. The van der Waals surface area contributed by atoms with Crippen LogP contribution in [0.5, 0.6) is 5.75 Å². The van der Waals surface area contributed by atoms with Gasteiger partial charge in [-0.3, -0.25) is 15.6 Å². The normalized spacial score (nSPS) is 9.81. The van der Waals surface area contributed by atoms with Crippen LogP contribution in [-0.4, -0.2) is 24.2 Å². The van der Waals surface area contributed by atoms with Crippen LogP contribution < -0.4 is 20.9 Å². The van der Waals surface area contributed by atoms with Gasteiger partial charge in [0, 0.05) is 6.54 Å². The molecule has 0 spiro atoms. The first-order chi connectivity index (χ1) is 10.1. The zero-order valence-electron chi connectivity index (χ0n) is 11.9. The van der Waals surface area contributed by atoms with Crippen molar-refractivity contribution in [3.8, 4) is 5.75 Å². The molecule has 0 aliphatic rings. The molecule has 3 N–H and O–H groups in total.